The first kappa shape index (κ1) is 19.1. The van der Waals surface area contributed by atoms with Gasteiger partial charge in [0.05, 0.1) is 17.3 Å². The first-order chi connectivity index (χ1) is 12.1. The molecule has 0 aliphatic carbocycles. The van der Waals surface area contributed by atoms with Crippen molar-refractivity contribution in [2.24, 2.45) is 0 Å². The van der Waals surface area contributed by atoms with Crippen LogP contribution < -0.4 is 10.6 Å². The van der Waals surface area contributed by atoms with Gasteiger partial charge in [-0.2, -0.15) is 0 Å². The molecule has 3 heterocycles. The predicted octanol–water partition coefficient (Wildman–Crippen LogP) is -1.08. The summed E-state index contributed by atoms with van der Waals surface area (Å²) in [6.45, 7) is 5.47. The van der Waals surface area contributed by atoms with Gasteiger partial charge in [0, 0.05) is 13.2 Å². The summed E-state index contributed by atoms with van der Waals surface area (Å²) in [5.41, 5.74) is 0. The van der Waals surface area contributed by atoms with Crippen LogP contribution in [0.2, 0.25) is 0 Å². The van der Waals surface area contributed by atoms with E-state index in [4.69, 9.17) is 4.74 Å². The third-order valence-corrected chi connectivity index (χ3v) is 8.30. The van der Waals surface area contributed by atoms with Crippen molar-refractivity contribution in [3.63, 3.8) is 0 Å². The minimum atomic E-state index is -3.64. The zero-order valence-electron chi connectivity index (χ0n) is 15.1. The molecule has 0 bridgehead atoms. The average Bonchev–Trinajstić information content (AvgIpc) is 3.10. The van der Waals surface area contributed by atoms with Crippen molar-refractivity contribution in [3.05, 3.63) is 0 Å². The number of hydrogen-bond donors (Lipinski definition) is 2. The normalized spacial score (nSPS) is 32.5. The van der Waals surface area contributed by atoms with Crippen LogP contribution in [0, 0.1) is 0 Å². The van der Waals surface area contributed by atoms with E-state index in [1.807, 2.05) is 0 Å². The Balaban J connectivity index is 1.63. The summed E-state index contributed by atoms with van der Waals surface area (Å²) < 4.78 is 29.1. The van der Waals surface area contributed by atoms with E-state index in [-0.39, 0.29) is 24.3 Å². The van der Waals surface area contributed by atoms with Gasteiger partial charge in [-0.3, -0.25) is 14.4 Å². The number of ether oxygens (including phenoxy) is 1. The molecule has 3 amide bonds. The molecule has 26 heavy (non-hydrogen) atoms. The van der Waals surface area contributed by atoms with E-state index in [9.17, 15) is 22.8 Å². The number of β-lactam (4-membered cyclic amide) rings is 1. The fourth-order valence-electron chi connectivity index (χ4n) is 3.78. The zero-order valence-corrected chi connectivity index (χ0v) is 16.0. The van der Waals surface area contributed by atoms with Crippen molar-refractivity contribution in [3.8, 4) is 0 Å². The number of hydrogen-bond acceptors (Lipinski definition) is 6. The summed E-state index contributed by atoms with van der Waals surface area (Å²) in [4.78, 5) is 37.9. The van der Waals surface area contributed by atoms with Gasteiger partial charge in [0.2, 0.25) is 17.7 Å². The van der Waals surface area contributed by atoms with Gasteiger partial charge in [-0.05, 0) is 33.6 Å². The molecular formula is C16H25N3O6S. The van der Waals surface area contributed by atoms with Crippen LogP contribution in [0.25, 0.3) is 0 Å². The maximum atomic E-state index is 12.7. The Labute approximate surface area is 152 Å². The molecule has 146 valence electrons. The smallest absolute Gasteiger partial charge is 0.245 e. The van der Waals surface area contributed by atoms with Crippen LogP contribution >= 0.6 is 0 Å². The maximum Gasteiger partial charge on any atom is 0.245 e. The van der Waals surface area contributed by atoms with E-state index in [1.54, 1.807) is 0 Å². The van der Waals surface area contributed by atoms with Gasteiger partial charge < -0.3 is 20.3 Å². The van der Waals surface area contributed by atoms with Crippen LogP contribution in [0.15, 0.2) is 0 Å². The van der Waals surface area contributed by atoms with E-state index >= 15 is 0 Å². The van der Waals surface area contributed by atoms with Gasteiger partial charge in [0.15, 0.2) is 9.84 Å². The SMILES string of the molecule is CC(NC(=O)C1N2C(=O)CC2S(=O)(=O)C1(C)C)C(=O)NCC1CCCO1. The quantitative estimate of drug-likeness (QED) is 0.579. The molecular weight excluding hydrogens is 362 g/mol. The number of carbonyl (C=O) groups excluding carboxylic acids is 3. The van der Waals surface area contributed by atoms with Gasteiger partial charge in [-0.25, -0.2) is 8.42 Å². The number of sulfone groups is 1. The lowest BCUT2D eigenvalue weighted by molar-refractivity contribution is -0.150. The number of rotatable bonds is 5. The third kappa shape index (κ3) is 2.88. The Bertz CT molecular complexity index is 728. The van der Waals surface area contributed by atoms with E-state index in [2.05, 4.69) is 10.6 Å². The lowest BCUT2D eigenvalue weighted by Gasteiger charge is -2.37. The van der Waals surface area contributed by atoms with Crippen LogP contribution in [-0.2, 0) is 29.0 Å². The Morgan fingerprint density at radius 1 is 1.38 bits per heavy atom. The Kier molecular flexibility index (Phi) is 4.76. The molecule has 0 aromatic heterocycles. The highest BCUT2D eigenvalue weighted by Crippen LogP contribution is 2.45. The molecule has 9 nitrogen and oxygen atoms in total. The molecule has 3 saturated heterocycles. The van der Waals surface area contributed by atoms with Crippen LogP contribution in [-0.4, -0.2) is 72.5 Å². The molecule has 3 rings (SSSR count). The molecule has 2 N–H and O–H groups in total. The van der Waals surface area contributed by atoms with E-state index in [0.717, 1.165) is 17.7 Å². The van der Waals surface area contributed by atoms with Crippen molar-refractivity contribution in [1.82, 2.24) is 15.5 Å². The highest BCUT2D eigenvalue weighted by Gasteiger charge is 2.67. The van der Waals surface area contributed by atoms with E-state index in [1.165, 1.54) is 20.8 Å². The van der Waals surface area contributed by atoms with Crippen LogP contribution in [0.1, 0.15) is 40.0 Å². The summed E-state index contributed by atoms with van der Waals surface area (Å²) in [5, 5.41) is 4.33. The second kappa shape index (κ2) is 6.49. The number of nitrogens with zero attached hydrogens (tertiary/aromatic N) is 1. The summed E-state index contributed by atoms with van der Waals surface area (Å²) >= 11 is 0. The summed E-state index contributed by atoms with van der Waals surface area (Å²) in [7, 11) is -3.64. The second-order valence-corrected chi connectivity index (χ2v) is 10.3. The van der Waals surface area contributed by atoms with Gasteiger partial charge in [0.25, 0.3) is 0 Å². The standard InChI is InChI=1S/C16H25N3O6S/c1-9(14(21)17-8-10-5-4-6-25-10)18-15(22)13-16(2,3)26(23,24)12-7-11(20)19(12)13/h9-10,12-13H,4-8H2,1-3H3,(H,17,21)(H,18,22). The van der Waals surface area contributed by atoms with Gasteiger partial charge in [-0.1, -0.05) is 0 Å². The fourth-order valence-corrected chi connectivity index (χ4v) is 5.92. The number of fused-ring (bicyclic) bond motifs is 1. The van der Waals surface area contributed by atoms with Crippen molar-refractivity contribution < 1.29 is 27.5 Å². The van der Waals surface area contributed by atoms with Gasteiger partial charge in [-0.15, -0.1) is 0 Å². The lowest BCUT2D eigenvalue weighted by Crippen LogP contribution is -2.61. The molecule has 4 unspecified atom stereocenters. The van der Waals surface area contributed by atoms with Crippen molar-refractivity contribution in [2.75, 3.05) is 13.2 Å². The monoisotopic (exact) mass is 387 g/mol. The largest absolute Gasteiger partial charge is 0.376 e. The summed E-state index contributed by atoms with van der Waals surface area (Å²) in [6, 6.07) is -1.98. The van der Waals surface area contributed by atoms with Gasteiger partial charge >= 0.3 is 0 Å². The topological polar surface area (TPSA) is 122 Å². The summed E-state index contributed by atoms with van der Waals surface area (Å²) in [5.74, 6) is -1.37. The minimum absolute atomic E-state index is 0.0137. The minimum Gasteiger partial charge on any atom is -0.376 e. The highest BCUT2D eigenvalue weighted by atomic mass is 32.2. The molecule has 0 aromatic carbocycles. The van der Waals surface area contributed by atoms with E-state index in [0.29, 0.717) is 13.2 Å². The Hall–Kier alpha value is -1.68. The molecule has 0 aromatic rings. The van der Waals surface area contributed by atoms with Crippen LogP contribution in [0.4, 0.5) is 0 Å². The summed E-state index contributed by atoms with van der Waals surface area (Å²) in [6.07, 6.45) is 1.74. The highest BCUT2D eigenvalue weighted by molar-refractivity contribution is 7.93. The molecule has 3 aliphatic heterocycles. The fraction of sp³-hybridized carbons (Fsp3) is 0.812. The number of carbonyl (C=O) groups is 3. The molecule has 4 atom stereocenters. The van der Waals surface area contributed by atoms with E-state index < -0.39 is 37.9 Å². The predicted molar refractivity (Wildman–Crippen MR) is 91.6 cm³/mol. The van der Waals surface area contributed by atoms with Crippen molar-refractivity contribution in [2.45, 2.75) is 68.3 Å². The van der Waals surface area contributed by atoms with Crippen LogP contribution in [0.3, 0.4) is 0 Å². The van der Waals surface area contributed by atoms with Crippen molar-refractivity contribution >= 4 is 27.6 Å². The Morgan fingerprint density at radius 2 is 2.08 bits per heavy atom. The Morgan fingerprint density at radius 3 is 2.65 bits per heavy atom. The number of amides is 3. The van der Waals surface area contributed by atoms with Crippen molar-refractivity contribution in [1.29, 1.82) is 0 Å². The molecule has 0 radical (unpaired) electrons. The molecule has 10 heteroatoms. The van der Waals surface area contributed by atoms with Crippen LogP contribution in [0.5, 0.6) is 0 Å². The molecule has 3 aliphatic rings. The lowest BCUT2D eigenvalue weighted by atomic mass is 9.97. The van der Waals surface area contributed by atoms with Gasteiger partial charge in [0.1, 0.15) is 17.5 Å². The first-order valence-corrected chi connectivity index (χ1v) is 10.4. The third-order valence-electron chi connectivity index (χ3n) is 5.50. The zero-order chi connectivity index (χ0) is 19.3. The molecule has 0 saturated carbocycles. The first-order valence-electron chi connectivity index (χ1n) is 8.81. The maximum absolute atomic E-state index is 12.7. The average molecular weight is 387 g/mol. The molecule has 0 spiro atoms. The second-order valence-electron chi connectivity index (χ2n) is 7.62. The number of nitrogens with one attached hydrogen (secondary N) is 2. The molecule has 3 fully saturated rings.